The molecule has 2 aromatic carbocycles. The van der Waals surface area contributed by atoms with Gasteiger partial charge in [0.05, 0.1) is 17.9 Å². The molecule has 9 heteroatoms. The van der Waals surface area contributed by atoms with E-state index in [1.54, 1.807) is 4.68 Å². The maximum atomic E-state index is 13.1. The number of fused-ring (bicyclic) bond motifs is 2. The molecule has 2 aliphatic rings. The molecule has 1 aromatic heterocycles. The number of aromatic nitrogens is 2. The van der Waals surface area contributed by atoms with Gasteiger partial charge in [-0.05, 0) is 74.8 Å². The Balaban J connectivity index is 1.22. The van der Waals surface area contributed by atoms with Crippen molar-refractivity contribution in [1.29, 1.82) is 0 Å². The summed E-state index contributed by atoms with van der Waals surface area (Å²) in [4.78, 5) is 39.1. The van der Waals surface area contributed by atoms with Crippen molar-refractivity contribution in [2.75, 3.05) is 17.2 Å². The number of hydrogen-bond donors (Lipinski definition) is 3. The zero-order valence-electron chi connectivity index (χ0n) is 25.2. The third-order valence-corrected chi connectivity index (χ3v) is 8.31. The first-order valence-corrected chi connectivity index (χ1v) is 14.9. The molecule has 222 valence electrons. The van der Waals surface area contributed by atoms with Crippen molar-refractivity contribution in [1.82, 2.24) is 20.0 Å². The van der Waals surface area contributed by atoms with Crippen molar-refractivity contribution >= 4 is 29.4 Å². The van der Waals surface area contributed by atoms with Gasteiger partial charge in [0.15, 0.2) is 0 Å². The first kappa shape index (κ1) is 29.4. The Morgan fingerprint density at radius 2 is 1.64 bits per heavy atom. The molecule has 2 saturated heterocycles. The fraction of sp³-hybridized carbons (Fsp3) is 0.455. The van der Waals surface area contributed by atoms with E-state index < -0.39 is 0 Å². The number of carbonyl (C=O) groups excluding carboxylic acids is 3. The van der Waals surface area contributed by atoms with Crippen molar-refractivity contribution in [2.24, 2.45) is 5.92 Å². The highest BCUT2D eigenvalue weighted by atomic mass is 16.2. The Labute approximate surface area is 248 Å². The highest BCUT2D eigenvalue weighted by Crippen LogP contribution is 2.40. The highest BCUT2D eigenvalue weighted by molar-refractivity contribution is 5.99. The summed E-state index contributed by atoms with van der Waals surface area (Å²) >= 11 is 0. The first-order chi connectivity index (χ1) is 20.0. The second-order valence-electron chi connectivity index (χ2n) is 12.8. The number of nitrogens with one attached hydrogen (secondary N) is 3. The Morgan fingerprint density at radius 1 is 0.952 bits per heavy atom. The summed E-state index contributed by atoms with van der Waals surface area (Å²) in [6.07, 6.45) is 4.85. The number of piperidine rings is 1. The van der Waals surface area contributed by atoms with Crippen LogP contribution in [0, 0.1) is 12.8 Å². The van der Waals surface area contributed by atoms with Crippen LogP contribution in [0.4, 0.5) is 16.3 Å². The number of hydrogen-bond acceptors (Lipinski definition) is 4. The molecule has 9 nitrogen and oxygen atoms in total. The Kier molecular flexibility index (Phi) is 8.38. The van der Waals surface area contributed by atoms with Crippen LogP contribution in [0.2, 0.25) is 0 Å². The standard InChI is InChI=1S/C33H42N6O3/c1-21-9-11-26(12-10-21)39-30(19-29(37-39)33(3,4)5)36-32(42)35-25-8-6-7-23(16-25)15-24-17-27-13-14-28(18-24)38(27)31(41)20-34-22(2)40/h6-12,16,19,24,27-28H,13-15,17-18,20H2,1-5H3,(H,34,40)(H2,35,36,42). The number of anilines is 2. The van der Waals surface area contributed by atoms with Gasteiger partial charge in [-0.2, -0.15) is 5.10 Å². The number of benzene rings is 2. The Bertz CT molecular complexity index is 1440. The fourth-order valence-corrected chi connectivity index (χ4v) is 6.26. The zero-order valence-corrected chi connectivity index (χ0v) is 25.2. The van der Waals surface area contributed by atoms with E-state index in [4.69, 9.17) is 5.10 Å². The molecular weight excluding hydrogens is 528 g/mol. The molecule has 3 heterocycles. The Morgan fingerprint density at radius 3 is 2.29 bits per heavy atom. The molecule has 2 atom stereocenters. The molecule has 2 fully saturated rings. The minimum atomic E-state index is -0.329. The quantitative estimate of drug-likeness (QED) is 0.345. The van der Waals surface area contributed by atoms with Crippen LogP contribution >= 0.6 is 0 Å². The summed E-state index contributed by atoms with van der Waals surface area (Å²) in [6, 6.07) is 18.1. The molecule has 3 N–H and O–H groups in total. The SMILES string of the molecule is CC(=O)NCC(=O)N1C2CCC1CC(Cc1cccc(NC(=O)Nc3cc(C(C)(C)C)nn3-c3ccc(C)cc3)c1)C2. The van der Waals surface area contributed by atoms with E-state index in [2.05, 4.69) is 42.8 Å². The van der Waals surface area contributed by atoms with Crippen molar-refractivity contribution in [3.63, 3.8) is 0 Å². The lowest BCUT2D eigenvalue weighted by Crippen LogP contribution is -2.50. The molecule has 0 saturated carbocycles. The lowest BCUT2D eigenvalue weighted by atomic mass is 9.85. The van der Waals surface area contributed by atoms with Crippen molar-refractivity contribution < 1.29 is 14.4 Å². The number of nitrogens with zero attached hydrogens (tertiary/aromatic N) is 3. The van der Waals surface area contributed by atoms with Crippen LogP contribution in [0.25, 0.3) is 5.69 Å². The van der Waals surface area contributed by atoms with Crippen molar-refractivity contribution in [3.05, 3.63) is 71.4 Å². The van der Waals surface area contributed by atoms with Crippen LogP contribution in [0.5, 0.6) is 0 Å². The van der Waals surface area contributed by atoms with E-state index in [-0.39, 0.29) is 41.9 Å². The van der Waals surface area contributed by atoms with E-state index >= 15 is 0 Å². The van der Waals surface area contributed by atoms with Gasteiger partial charge in [-0.25, -0.2) is 9.48 Å². The second kappa shape index (κ2) is 12.0. The van der Waals surface area contributed by atoms with E-state index in [1.807, 2.05) is 60.4 Å². The normalized spacial score (nSPS) is 19.8. The topological polar surface area (TPSA) is 108 Å². The minimum absolute atomic E-state index is 0.0201. The molecule has 2 unspecified atom stereocenters. The van der Waals surface area contributed by atoms with Crippen LogP contribution in [0.1, 0.15) is 70.2 Å². The molecule has 0 spiro atoms. The average Bonchev–Trinajstić information content (AvgIpc) is 3.46. The molecule has 4 amide bonds. The van der Waals surface area contributed by atoms with E-state index in [9.17, 15) is 14.4 Å². The fourth-order valence-electron chi connectivity index (χ4n) is 6.26. The highest BCUT2D eigenvalue weighted by Gasteiger charge is 2.42. The van der Waals surface area contributed by atoms with Gasteiger partial charge in [-0.3, -0.25) is 14.9 Å². The van der Waals surface area contributed by atoms with Crippen LogP contribution in [0.3, 0.4) is 0 Å². The van der Waals surface area contributed by atoms with E-state index in [1.165, 1.54) is 6.92 Å². The molecule has 2 aliphatic heterocycles. The first-order valence-electron chi connectivity index (χ1n) is 14.9. The van der Waals surface area contributed by atoms with Gasteiger partial charge in [0.25, 0.3) is 0 Å². The van der Waals surface area contributed by atoms with E-state index in [0.717, 1.165) is 60.3 Å². The average molecular weight is 571 g/mol. The maximum Gasteiger partial charge on any atom is 0.324 e. The van der Waals surface area contributed by atoms with Crippen molar-refractivity contribution in [2.45, 2.75) is 84.2 Å². The number of amides is 4. The third kappa shape index (κ3) is 6.83. The maximum absolute atomic E-state index is 13.1. The second-order valence-corrected chi connectivity index (χ2v) is 12.8. The van der Waals surface area contributed by atoms with Gasteiger partial charge >= 0.3 is 6.03 Å². The van der Waals surface area contributed by atoms with Crippen molar-refractivity contribution in [3.8, 4) is 5.69 Å². The van der Waals surface area contributed by atoms with Gasteiger partial charge < -0.3 is 15.5 Å². The van der Waals surface area contributed by atoms with Crippen LogP contribution in [-0.2, 0) is 21.4 Å². The summed E-state index contributed by atoms with van der Waals surface area (Å²) < 4.78 is 1.78. The van der Waals surface area contributed by atoms with E-state index in [0.29, 0.717) is 11.7 Å². The molecule has 0 radical (unpaired) electrons. The number of carbonyl (C=O) groups is 3. The van der Waals surface area contributed by atoms with Gasteiger partial charge in [-0.15, -0.1) is 0 Å². The predicted octanol–water partition coefficient (Wildman–Crippen LogP) is 5.57. The largest absolute Gasteiger partial charge is 0.347 e. The van der Waals surface area contributed by atoms with Crippen LogP contribution < -0.4 is 16.0 Å². The minimum Gasteiger partial charge on any atom is -0.347 e. The molecule has 42 heavy (non-hydrogen) atoms. The molecule has 2 bridgehead atoms. The summed E-state index contributed by atoms with van der Waals surface area (Å²) in [5.41, 5.74) is 4.64. The summed E-state index contributed by atoms with van der Waals surface area (Å²) in [5, 5.41) is 13.5. The molecule has 0 aliphatic carbocycles. The van der Waals surface area contributed by atoms with Gasteiger partial charge in [0.1, 0.15) is 5.82 Å². The predicted molar refractivity (Wildman–Crippen MR) is 165 cm³/mol. The molecular formula is C33H42N6O3. The Hall–Kier alpha value is -4.14. The molecule has 5 rings (SSSR count). The van der Waals surface area contributed by atoms with Crippen LogP contribution in [-0.4, -0.2) is 51.2 Å². The summed E-state index contributed by atoms with van der Waals surface area (Å²) in [7, 11) is 0. The number of urea groups is 1. The smallest absolute Gasteiger partial charge is 0.324 e. The van der Waals surface area contributed by atoms with Crippen LogP contribution in [0.15, 0.2) is 54.6 Å². The van der Waals surface area contributed by atoms with Gasteiger partial charge in [-0.1, -0.05) is 50.6 Å². The number of rotatable bonds is 7. The van der Waals surface area contributed by atoms with Gasteiger partial charge in [0.2, 0.25) is 11.8 Å². The molecule has 3 aromatic rings. The lowest BCUT2D eigenvalue weighted by Gasteiger charge is -2.39. The zero-order chi connectivity index (χ0) is 30.0. The summed E-state index contributed by atoms with van der Waals surface area (Å²) in [6.45, 7) is 9.85. The lowest BCUT2D eigenvalue weighted by molar-refractivity contribution is -0.137. The monoisotopic (exact) mass is 570 g/mol. The summed E-state index contributed by atoms with van der Waals surface area (Å²) in [5.74, 6) is 0.912. The number of aryl methyl sites for hydroxylation is 1. The van der Waals surface area contributed by atoms with Gasteiger partial charge in [0, 0.05) is 36.2 Å². The third-order valence-electron chi connectivity index (χ3n) is 8.31.